The lowest BCUT2D eigenvalue weighted by Crippen LogP contribution is -2.14. The maximum absolute atomic E-state index is 12.5. The number of carbonyl (C=O) groups is 1. The highest BCUT2D eigenvalue weighted by molar-refractivity contribution is 7.13. The first kappa shape index (κ1) is 17.6. The van der Waals surface area contributed by atoms with E-state index >= 15 is 0 Å². The number of rotatable bonds is 5. The molecule has 4 aromatic rings. The molecular weight excluding hydrogens is 380 g/mol. The first-order valence-electron chi connectivity index (χ1n) is 9.38. The van der Waals surface area contributed by atoms with Gasteiger partial charge in [0.05, 0.1) is 12.1 Å². The second-order valence-corrected chi connectivity index (χ2v) is 7.77. The first-order chi connectivity index (χ1) is 14.2. The molecule has 6 heteroatoms. The third-order valence-corrected chi connectivity index (χ3v) is 5.68. The Hall–Kier alpha value is -3.51. The molecule has 2 N–H and O–H groups in total. The highest BCUT2D eigenvalue weighted by atomic mass is 32.1. The van der Waals surface area contributed by atoms with Gasteiger partial charge in [-0.2, -0.15) is 0 Å². The highest BCUT2D eigenvalue weighted by Crippen LogP contribution is 2.37. The van der Waals surface area contributed by atoms with Crippen LogP contribution in [-0.4, -0.2) is 15.9 Å². The van der Waals surface area contributed by atoms with Crippen molar-refractivity contribution >= 4 is 33.9 Å². The summed E-state index contributed by atoms with van der Waals surface area (Å²) in [7, 11) is 0. The van der Waals surface area contributed by atoms with Crippen LogP contribution in [0.2, 0.25) is 0 Å². The van der Waals surface area contributed by atoms with Crippen molar-refractivity contribution in [3.63, 3.8) is 0 Å². The van der Waals surface area contributed by atoms with Crippen LogP contribution in [0, 0.1) is 0 Å². The molecule has 0 unspecified atom stereocenters. The summed E-state index contributed by atoms with van der Waals surface area (Å²) in [6, 6.07) is 20.2. The number of hydrogen-bond acceptors (Lipinski definition) is 5. The van der Waals surface area contributed by atoms with Crippen LogP contribution in [0.3, 0.4) is 0 Å². The van der Waals surface area contributed by atoms with Crippen molar-refractivity contribution in [3.05, 3.63) is 89.1 Å². The Morgan fingerprint density at radius 3 is 2.76 bits per heavy atom. The Morgan fingerprint density at radius 1 is 1.00 bits per heavy atom. The molecule has 1 aliphatic carbocycles. The molecule has 1 amide bonds. The zero-order valence-corrected chi connectivity index (χ0v) is 16.4. The minimum absolute atomic E-state index is 0.0739. The number of pyridine rings is 1. The molecule has 0 atom stereocenters. The molecule has 2 aromatic carbocycles. The van der Waals surface area contributed by atoms with Crippen LogP contribution in [0.1, 0.15) is 16.8 Å². The predicted molar refractivity (Wildman–Crippen MR) is 117 cm³/mol. The standard InChI is InChI=1S/C23H18N4OS/c28-22(13-18-14-29-23(26-18)27-21-7-3-4-10-24-21)25-17-8-9-20-16(12-17)11-15-5-1-2-6-19(15)20/h1-10,12,14H,11,13H2,(H,25,28)(H,24,26,27). The maximum Gasteiger partial charge on any atom is 0.230 e. The fourth-order valence-corrected chi connectivity index (χ4v) is 4.30. The van der Waals surface area contributed by atoms with Gasteiger partial charge in [0.2, 0.25) is 5.91 Å². The normalized spacial score (nSPS) is 11.6. The average Bonchev–Trinajstić information content (AvgIpc) is 3.32. The van der Waals surface area contributed by atoms with Crippen molar-refractivity contribution in [2.24, 2.45) is 0 Å². The Kier molecular flexibility index (Phi) is 4.54. The zero-order chi connectivity index (χ0) is 19.6. The van der Waals surface area contributed by atoms with Crippen molar-refractivity contribution in [3.8, 4) is 11.1 Å². The SMILES string of the molecule is O=C(Cc1csc(Nc2ccccn2)n1)Nc1ccc2c(c1)Cc1ccccc1-2. The summed E-state index contributed by atoms with van der Waals surface area (Å²) in [6.45, 7) is 0. The van der Waals surface area contributed by atoms with E-state index in [-0.39, 0.29) is 12.3 Å². The summed E-state index contributed by atoms with van der Waals surface area (Å²) >= 11 is 1.46. The van der Waals surface area contributed by atoms with E-state index in [1.54, 1.807) is 6.20 Å². The van der Waals surface area contributed by atoms with Crippen molar-refractivity contribution in [2.45, 2.75) is 12.8 Å². The van der Waals surface area contributed by atoms with Gasteiger partial charge in [-0.25, -0.2) is 9.97 Å². The molecule has 0 spiro atoms. The van der Waals surface area contributed by atoms with Gasteiger partial charge in [0.15, 0.2) is 5.13 Å². The molecular formula is C23H18N4OS. The molecule has 0 saturated carbocycles. The topological polar surface area (TPSA) is 66.9 Å². The predicted octanol–water partition coefficient (Wildman–Crippen LogP) is 5.03. The fourth-order valence-electron chi connectivity index (χ4n) is 3.58. The molecule has 2 aromatic heterocycles. The van der Waals surface area contributed by atoms with Gasteiger partial charge in [-0.3, -0.25) is 4.79 Å². The van der Waals surface area contributed by atoms with E-state index in [2.05, 4.69) is 57.0 Å². The fraction of sp³-hybridized carbons (Fsp3) is 0.0870. The van der Waals surface area contributed by atoms with Crippen LogP contribution in [0.15, 0.2) is 72.2 Å². The number of nitrogens with zero attached hydrogens (tertiary/aromatic N) is 2. The minimum atomic E-state index is -0.0739. The van der Waals surface area contributed by atoms with Crippen LogP contribution >= 0.6 is 11.3 Å². The van der Waals surface area contributed by atoms with Crippen LogP contribution in [0.5, 0.6) is 0 Å². The minimum Gasteiger partial charge on any atom is -0.326 e. The van der Waals surface area contributed by atoms with Crippen molar-refractivity contribution in [2.75, 3.05) is 10.6 Å². The summed E-state index contributed by atoms with van der Waals surface area (Å²) in [5, 5.41) is 8.76. The second-order valence-electron chi connectivity index (χ2n) is 6.91. The quantitative estimate of drug-likeness (QED) is 0.436. The summed E-state index contributed by atoms with van der Waals surface area (Å²) < 4.78 is 0. The lowest BCUT2D eigenvalue weighted by Gasteiger charge is -2.07. The van der Waals surface area contributed by atoms with E-state index < -0.39 is 0 Å². The summed E-state index contributed by atoms with van der Waals surface area (Å²) in [6.07, 6.45) is 2.86. The molecule has 0 radical (unpaired) electrons. The molecule has 2 heterocycles. The number of hydrogen-bond donors (Lipinski definition) is 2. The molecule has 0 fully saturated rings. The molecule has 5 rings (SSSR count). The molecule has 142 valence electrons. The number of aromatic nitrogens is 2. The first-order valence-corrected chi connectivity index (χ1v) is 10.3. The number of fused-ring (bicyclic) bond motifs is 3. The van der Waals surface area contributed by atoms with Crippen LogP contribution in [0.4, 0.5) is 16.6 Å². The summed E-state index contributed by atoms with van der Waals surface area (Å²) in [5.74, 6) is 0.659. The Morgan fingerprint density at radius 2 is 1.86 bits per heavy atom. The van der Waals surface area contributed by atoms with Crippen LogP contribution in [-0.2, 0) is 17.6 Å². The lowest BCUT2D eigenvalue weighted by molar-refractivity contribution is -0.115. The largest absolute Gasteiger partial charge is 0.326 e. The van der Waals surface area contributed by atoms with E-state index in [0.717, 1.165) is 28.8 Å². The zero-order valence-electron chi connectivity index (χ0n) is 15.6. The van der Waals surface area contributed by atoms with E-state index in [4.69, 9.17) is 0 Å². The molecule has 0 bridgehead atoms. The van der Waals surface area contributed by atoms with Crippen molar-refractivity contribution in [1.29, 1.82) is 0 Å². The molecule has 0 aliphatic heterocycles. The van der Waals surface area contributed by atoms with Crippen molar-refractivity contribution in [1.82, 2.24) is 9.97 Å². The Bertz CT molecular complexity index is 1190. The van der Waals surface area contributed by atoms with Gasteiger partial charge >= 0.3 is 0 Å². The Labute approximate surface area is 172 Å². The second kappa shape index (κ2) is 7.48. The van der Waals surface area contributed by atoms with Gasteiger partial charge in [-0.1, -0.05) is 36.4 Å². The van der Waals surface area contributed by atoms with Crippen molar-refractivity contribution < 1.29 is 4.79 Å². The van der Waals surface area contributed by atoms with Crippen LogP contribution in [0.25, 0.3) is 11.1 Å². The number of amides is 1. The van der Waals surface area contributed by atoms with Gasteiger partial charge in [-0.05, 0) is 52.9 Å². The van der Waals surface area contributed by atoms with Gasteiger partial charge in [0, 0.05) is 17.3 Å². The Balaban J connectivity index is 1.23. The molecule has 5 nitrogen and oxygen atoms in total. The monoisotopic (exact) mass is 398 g/mol. The van der Waals surface area contributed by atoms with Crippen LogP contribution < -0.4 is 10.6 Å². The van der Waals surface area contributed by atoms with Gasteiger partial charge in [0.25, 0.3) is 0 Å². The average molecular weight is 398 g/mol. The summed E-state index contributed by atoms with van der Waals surface area (Å²) in [5.41, 5.74) is 6.68. The third-order valence-electron chi connectivity index (χ3n) is 4.87. The lowest BCUT2D eigenvalue weighted by atomic mass is 10.1. The van der Waals surface area contributed by atoms with Gasteiger partial charge in [0.1, 0.15) is 5.82 Å². The highest BCUT2D eigenvalue weighted by Gasteiger charge is 2.18. The molecule has 0 saturated heterocycles. The van der Waals surface area contributed by atoms with E-state index in [0.29, 0.717) is 0 Å². The van der Waals surface area contributed by atoms with E-state index in [9.17, 15) is 4.79 Å². The maximum atomic E-state index is 12.5. The molecule has 29 heavy (non-hydrogen) atoms. The smallest absolute Gasteiger partial charge is 0.230 e. The summed E-state index contributed by atoms with van der Waals surface area (Å²) in [4.78, 5) is 21.2. The van der Waals surface area contributed by atoms with Gasteiger partial charge in [-0.15, -0.1) is 11.3 Å². The van der Waals surface area contributed by atoms with E-state index in [1.165, 1.54) is 33.6 Å². The number of nitrogens with one attached hydrogen (secondary N) is 2. The van der Waals surface area contributed by atoms with Gasteiger partial charge < -0.3 is 10.6 Å². The number of carbonyl (C=O) groups excluding carboxylic acids is 1. The number of thiazole rings is 1. The number of anilines is 3. The number of benzene rings is 2. The third kappa shape index (κ3) is 3.75. The molecule has 1 aliphatic rings. The van der Waals surface area contributed by atoms with E-state index in [1.807, 2.05) is 29.6 Å².